The van der Waals surface area contributed by atoms with Crippen molar-refractivity contribution in [1.29, 1.82) is 0 Å². The van der Waals surface area contributed by atoms with E-state index in [-0.39, 0.29) is 22.5 Å². The minimum absolute atomic E-state index is 0.120. The van der Waals surface area contributed by atoms with Gasteiger partial charge in [0.25, 0.3) is 5.69 Å². The zero-order chi connectivity index (χ0) is 17.9. The van der Waals surface area contributed by atoms with Crippen LogP contribution in [0, 0.1) is 20.2 Å². The van der Waals surface area contributed by atoms with E-state index in [0.717, 1.165) is 30.9 Å². The Kier molecular flexibility index (Phi) is 4.42. The standard InChI is InChI=1S/C17H16N4O4/c22-20(23)14-7-8-15(16(11-14)21(24)25)19-18-12-17(9-4-10-17)13-5-2-1-3-6-13/h1-3,5-8,11-12,19H,4,9-10H2/b18-12+. The fourth-order valence-electron chi connectivity index (χ4n) is 2.92. The number of nitro groups is 2. The maximum Gasteiger partial charge on any atom is 0.301 e. The van der Waals surface area contributed by atoms with Crippen molar-refractivity contribution in [2.75, 3.05) is 5.43 Å². The van der Waals surface area contributed by atoms with Crippen LogP contribution >= 0.6 is 0 Å². The van der Waals surface area contributed by atoms with Crippen molar-refractivity contribution >= 4 is 23.3 Å². The van der Waals surface area contributed by atoms with Gasteiger partial charge in [-0.2, -0.15) is 5.10 Å². The van der Waals surface area contributed by atoms with Crippen LogP contribution in [-0.2, 0) is 5.41 Å². The van der Waals surface area contributed by atoms with Crippen molar-refractivity contribution in [3.05, 3.63) is 74.3 Å². The number of hydrazone groups is 1. The predicted molar refractivity (Wildman–Crippen MR) is 93.8 cm³/mol. The van der Waals surface area contributed by atoms with E-state index in [4.69, 9.17) is 0 Å². The van der Waals surface area contributed by atoms with E-state index in [2.05, 4.69) is 10.5 Å². The normalized spacial score (nSPS) is 15.5. The summed E-state index contributed by atoms with van der Waals surface area (Å²) in [5.74, 6) is 0. The van der Waals surface area contributed by atoms with Crippen molar-refractivity contribution in [2.24, 2.45) is 5.10 Å². The molecule has 1 N–H and O–H groups in total. The third kappa shape index (κ3) is 3.32. The lowest BCUT2D eigenvalue weighted by Crippen LogP contribution is -2.36. The fourth-order valence-corrected chi connectivity index (χ4v) is 2.92. The van der Waals surface area contributed by atoms with Crippen molar-refractivity contribution in [3.63, 3.8) is 0 Å². The Hall–Kier alpha value is -3.29. The molecule has 1 saturated carbocycles. The Morgan fingerprint density at radius 3 is 2.32 bits per heavy atom. The zero-order valence-corrected chi connectivity index (χ0v) is 13.3. The molecule has 0 bridgehead atoms. The number of benzene rings is 2. The molecule has 25 heavy (non-hydrogen) atoms. The summed E-state index contributed by atoms with van der Waals surface area (Å²) in [5, 5.41) is 26.1. The molecule has 1 fully saturated rings. The van der Waals surface area contributed by atoms with E-state index in [1.807, 2.05) is 30.3 Å². The number of hydrogen-bond donors (Lipinski definition) is 1. The molecular weight excluding hydrogens is 324 g/mol. The van der Waals surface area contributed by atoms with Crippen molar-refractivity contribution in [2.45, 2.75) is 24.7 Å². The van der Waals surface area contributed by atoms with Gasteiger partial charge in [0.2, 0.25) is 0 Å². The SMILES string of the molecule is O=[N+]([O-])c1ccc(N/N=C/C2(c3ccccc3)CCC2)c([N+](=O)[O-])c1. The highest BCUT2D eigenvalue weighted by Crippen LogP contribution is 2.42. The Labute approximate surface area is 143 Å². The van der Waals surface area contributed by atoms with Crippen LogP contribution in [0.25, 0.3) is 0 Å². The highest BCUT2D eigenvalue weighted by atomic mass is 16.6. The second kappa shape index (κ2) is 6.68. The molecule has 1 aliphatic rings. The lowest BCUT2D eigenvalue weighted by atomic mass is 9.65. The van der Waals surface area contributed by atoms with E-state index in [1.165, 1.54) is 12.1 Å². The highest BCUT2D eigenvalue weighted by Gasteiger charge is 2.37. The Bertz CT molecular complexity index is 832. The Morgan fingerprint density at radius 1 is 1.04 bits per heavy atom. The van der Waals surface area contributed by atoms with Gasteiger partial charge >= 0.3 is 5.69 Å². The van der Waals surface area contributed by atoms with E-state index >= 15 is 0 Å². The van der Waals surface area contributed by atoms with E-state index in [0.29, 0.717) is 0 Å². The smallest absolute Gasteiger partial charge is 0.272 e. The van der Waals surface area contributed by atoms with Gasteiger partial charge in [-0.25, -0.2) is 0 Å². The average molecular weight is 340 g/mol. The van der Waals surface area contributed by atoms with E-state index in [9.17, 15) is 20.2 Å². The maximum atomic E-state index is 11.1. The topological polar surface area (TPSA) is 111 Å². The number of nitrogens with one attached hydrogen (secondary N) is 1. The molecule has 0 aromatic heterocycles. The minimum atomic E-state index is -0.668. The van der Waals surface area contributed by atoms with Gasteiger partial charge in [-0.3, -0.25) is 25.7 Å². The fraction of sp³-hybridized carbons (Fsp3) is 0.235. The molecule has 1 aliphatic carbocycles. The van der Waals surface area contributed by atoms with E-state index < -0.39 is 9.85 Å². The first-order chi connectivity index (χ1) is 12.0. The van der Waals surface area contributed by atoms with Crippen LogP contribution in [0.4, 0.5) is 17.1 Å². The molecule has 2 aromatic rings. The Balaban J connectivity index is 1.82. The first kappa shape index (κ1) is 16.6. The molecule has 3 rings (SSSR count). The van der Waals surface area contributed by atoms with Gasteiger partial charge in [0.1, 0.15) is 5.69 Å². The summed E-state index contributed by atoms with van der Waals surface area (Å²) < 4.78 is 0. The number of nitrogens with zero attached hydrogens (tertiary/aromatic N) is 3. The summed E-state index contributed by atoms with van der Waals surface area (Å²) in [7, 11) is 0. The number of hydrogen-bond acceptors (Lipinski definition) is 6. The average Bonchev–Trinajstić information content (AvgIpc) is 2.57. The molecule has 0 spiro atoms. The van der Waals surface area contributed by atoms with Gasteiger partial charge in [0.15, 0.2) is 0 Å². The molecule has 2 aromatic carbocycles. The predicted octanol–water partition coefficient (Wildman–Crippen LogP) is 4.02. The van der Waals surface area contributed by atoms with Crippen LogP contribution in [0.1, 0.15) is 24.8 Å². The number of non-ortho nitro benzene ring substituents is 1. The third-order valence-electron chi connectivity index (χ3n) is 4.48. The van der Waals surface area contributed by atoms with Crippen LogP contribution in [0.15, 0.2) is 53.6 Å². The second-order valence-electron chi connectivity index (χ2n) is 5.96. The summed E-state index contributed by atoms with van der Waals surface area (Å²) >= 11 is 0. The quantitative estimate of drug-likeness (QED) is 0.485. The minimum Gasteiger partial charge on any atom is -0.272 e. The van der Waals surface area contributed by atoms with Crippen LogP contribution in [0.3, 0.4) is 0 Å². The summed E-state index contributed by atoms with van der Waals surface area (Å²) in [6.45, 7) is 0. The number of anilines is 1. The first-order valence-electron chi connectivity index (χ1n) is 7.80. The third-order valence-corrected chi connectivity index (χ3v) is 4.48. The molecule has 0 unspecified atom stereocenters. The van der Waals surface area contributed by atoms with E-state index in [1.54, 1.807) is 6.21 Å². The molecule has 0 amide bonds. The zero-order valence-electron chi connectivity index (χ0n) is 13.3. The summed E-state index contributed by atoms with van der Waals surface area (Å²) in [5.41, 5.74) is 3.06. The van der Waals surface area contributed by atoms with Crippen LogP contribution in [0.2, 0.25) is 0 Å². The molecule has 0 saturated heterocycles. The van der Waals surface area contributed by atoms with Crippen molar-refractivity contribution < 1.29 is 9.85 Å². The van der Waals surface area contributed by atoms with Crippen LogP contribution in [-0.4, -0.2) is 16.1 Å². The summed E-state index contributed by atoms with van der Waals surface area (Å²) in [6.07, 6.45) is 4.80. The number of rotatable bonds is 6. The molecule has 0 aliphatic heterocycles. The van der Waals surface area contributed by atoms with Crippen LogP contribution < -0.4 is 5.43 Å². The first-order valence-corrected chi connectivity index (χ1v) is 7.80. The van der Waals surface area contributed by atoms with Gasteiger partial charge in [-0.15, -0.1) is 0 Å². The molecular formula is C17H16N4O4. The summed E-state index contributed by atoms with van der Waals surface area (Å²) in [6, 6.07) is 13.4. The summed E-state index contributed by atoms with van der Waals surface area (Å²) in [4.78, 5) is 20.6. The number of nitro benzene ring substituents is 2. The molecule has 128 valence electrons. The van der Waals surface area contributed by atoms with Crippen LogP contribution in [0.5, 0.6) is 0 Å². The Morgan fingerprint density at radius 2 is 1.76 bits per heavy atom. The second-order valence-corrected chi connectivity index (χ2v) is 5.96. The van der Waals surface area contributed by atoms with Crippen molar-refractivity contribution in [3.8, 4) is 0 Å². The van der Waals surface area contributed by atoms with Gasteiger partial charge in [-0.05, 0) is 24.5 Å². The van der Waals surface area contributed by atoms with Gasteiger partial charge in [0, 0.05) is 17.7 Å². The molecule has 8 heteroatoms. The maximum absolute atomic E-state index is 11.1. The van der Waals surface area contributed by atoms with Gasteiger partial charge < -0.3 is 0 Å². The van der Waals surface area contributed by atoms with Gasteiger partial charge in [-0.1, -0.05) is 36.8 Å². The largest absolute Gasteiger partial charge is 0.301 e. The monoisotopic (exact) mass is 340 g/mol. The molecule has 0 heterocycles. The lowest BCUT2D eigenvalue weighted by molar-refractivity contribution is -0.393. The molecule has 8 nitrogen and oxygen atoms in total. The highest BCUT2D eigenvalue weighted by molar-refractivity contribution is 5.76. The lowest BCUT2D eigenvalue weighted by Gasteiger charge is -2.38. The molecule has 0 radical (unpaired) electrons. The molecule has 0 atom stereocenters. The van der Waals surface area contributed by atoms with Crippen molar-refractivity contribution in [1.82, 2.24) is 0 Å². The van der Waals surface area contributed by atoms with Gasteiger partial charge in [0.05, 0.1) is 15.9 Å².